The zero-order valence-electron chi connectivity index (χ0n) is 12.0. The van der Waals surface area contributed by atoms with Gasteiger partial charge in [0.15, 0.2) is 0 Å². The number of aryl methyl sites for hydroxylation is 1. The fourth-order valence-corrected chi connectivity index (χ4v) is 1.68. The maximum Gasteiger partial charge on any atom is 0.261 e. The summed E-state index contributed by atoms with van der Waals surface area (Å²) >= 11 is 0. The van der Waals surface area contributed by atoms with Crippen LogP contribution in [0.3, 0.4) is 0 Å². The van der Waals surface area contributed by atoms with Gasteiger partial charge in [0.2, 0.25) is 0 Å². The number of nitrogens with one attached hydrogen (secondary N) is 1. The molecule has 0 saturated carbocycles. The molecule has 0 aromatic heterocycles. The van der Waals surface area contributed by atoms with Crippen molar-refractivity contribution in [1.29, 1.82) is 5.26 Å². The third-order valence-corrected chi connectivity index (χ3v) is 2.87. The molecule has 0 heterocycles. The summed E-state index contributed by atoms with van der Waals surface area (Å²) in [4.78, 5) is 11.8. The highest BCUT2D eigenvalue weighted by atomic mass is 16.5. The molecule has 1 aromatic rings. The molecule has 106 valence electrons. The van der Waals surface area contributed by atoms with E-state index >= 15 is 0 Å². The summed E-state index contributed by atoms with van der Waals surface area (Å²) < 4.78 is 4.90. The van der Waals surface area contributed by atoms with Gasteiger partial charge in [0.1, 0.15) is 11.6 Å². The molecule has 0 aliphatic rings. The number of amides is 1. The van der Waals surface area contributed by atoms with Gasteiger partial charge >= 0.3 is 0 Å². The number of carbonyl (C=O) groups excluding carboxylic acids is 1. The van der Waals surface area contributed by atoms with Crippen LogP contribution in [0.4, 0.5) is 0 Å². The lowest BCUT2D eigenvalue weighted by molar-refractivity contribution is -0.117. The molecule has 0 unspecified atom stereocenters. The average Bonchev–Trinajstić information content (AvgIpc) is 2.49. The van der Waals surface area contributed by atoms with Crippen LogP contribution in [0.15, 0.2) is 29.8 Å². The first-order valence-corrected chi connectivity index (χ1v) is 6.69. The molecule has 0 radical (unpaired) electrons. The molecule has 4 heteroatoms. The summed E-state index contributed by atoms with van der Waals surface area (Å²) in [5, 5.41) is 11.8. The zero-order chi connectivity index (χ0) is 14.8. The lowest BCUT2D eigenvalue weighted by Gasteiger charge is -2.04. The summed E-state index contributed by atoms with van der Waals surface area (Å²) in [6.45, 7) is 3.17. The first-order chi connectivity index (χ1) is 9.71. The molecule has 0 aliphatic heterocycles. The molecule has 0 spiro atoms. The standard InChI is InChI=1S/C16H20N2O2/c1-3-13-5-7-14(8-6-13)11-15(12-17)16(19)18-9-4-10-20-2/h5-8,11H,3-4,9-10H2,1-2H3,(H,18,19)/b15-11+. The van der Waals surface area contributed by atoms with Crippen LogP contribution >= 0.6 is 0 Å². The van der Waals surface area contributed by atoms with Gasteiger partial charge < -0.3 is 10.1 Å². The summed E-state index contributed by atoms with van der Waals surface area (Å²) in [5.41, 5.74) is 2.20. The number of ether oxygens (including phenoxy) is 1. The molecule has 4 nitrogen and oxygen atoms in total. The molecule has 1 aromatic carbocycles. The van der Waals surface area contributed by atoms with Gasteiger partial charge in [-0.05, 0) is 30.0 Å². The first kappa shape index (κ1) is 15.9. The van der Waals surface area contributed by atoms with E-state index in [-0.39, 0.29) is 11.5 Å². The minimum absolute atomic E-state index is 0.117. The second-order valence-electron chi connectivity index (χ2n) is 4.37. The Morgan fingerprint density at radius 1 is 1.40 bits per heavy atom. The summed E-state index contributed by atoms with van der Waals surface area (Å²) in [6.07, 6.45) is 3.30. The van der Waals surface area contributed by atoms with Crippen molar-refractivity contribution in [3.05, 3.63) is 41.0 Å². The molecule has 1 rings (SSSR count). The van der Waals surface area contributed by atoms with Gasteiger partial charge in [0.05, 0.1) is 0 Å². The van der Waals surface area contributed by atoms with E-state index in [1.807, 2.05) is 30.3 Å². The largest absolute Gasteiger partial charge is 0.385 e. The average molecular weight is 272 g/mol. The number of methoxy groups -OCH3 is 1. The lowest BCUT2D eigenvalue weighted by atomic mass is 10.1. The van der Waals surface area contributed by atoms with Crippen molar-refractivity contribution in [3.8, 4) is 6.07 Å². The van der Waals surface area contributed by atoms with E-state index in [0.717, 1.165) is 18.4 Å². The quantitative estimate of drug-likeness (QED) is 0.470. The Bertz CT molecular complexity index is 498. The van der Waals surface area contributed by atoms with Crippen LogP contribution < -0.4 is 5.32 Å². The van der Waals surface area contributed by atoms with Gasteiger partial charge in [-0.25, -0.2) is 0 Å². The van der Waals surface area contributed by atoms with Gasteiger partial charge in [-0.2, -0.15) is 5.26 Å². The molecule has 0 fully saturated rings. The normalized spacial score (nSPS) is 10.9. The van der Waals surface area contributed by atoms with Gasteiger partial charge in [0, 0.05) is 20.3 Å². The number of rotatable bonds is 7. The van der Waals surface area contributed by atoms with Gasteiger partial charge in [0.25, 0.3) is 5.91 Å². The Morgan fingerprint density at radius 2 is 2.10 bits per heavy atom. The molecule has 0 bridgehead atoms. The molecular weight excluding hydrogens is 252 g/mol. The minimum atomic E-state index is -0.344. The Hall–Kier alpha value is -2.12. The van der Waals surface area contributed by atoms with Crippen LogP contribution in [-0.4, -0.2) is 26.2 Å². The number of carbonyl (C=O) groups is 1. The molecule has 0 saturated heterocycles. The number of hydrogen-bond donors (Lipinski definition) is 1. The minimum Gasteiger partial charge on any atom is -0.385 e. The zero-order valence-corrected chi connectivity index (χ0v) is 12.0. The first-order valence-electron chi connectivity index (χ1n) is 6.69. The van der Waals surface area contributed by atoms with E-state index in [1.54, 1.807) is 13.2 Å². The van der Waals surface area contributed by atoms with Crippen LogP contribution in [0.25, 0.3) is 6.08 Å². The molecule has 1 amide bonds. The van der Waals surface area contributed by atoms with Crippen LogP contribution in [0.2, 0.25) is 0 Å². The second-order valence-corrected chi connectivity index (χ2v) is 4.37. The highest BCUT2D eigenvalue weighted by Crippen LogP contribution is 2.09. The van der Waals surface area contributed by atoms with Crippen molar-refractivity contribution in [2.24, 2.45) is 0 Å². The van der Waals surface area contributed by atoms with Crippen LogP contribution in [0.5, 0.6) is 0 Å². The number of benzene rings is 1. The predicted molar refractivity (Wildman–Crippen MR) is 78.9 cm³/mol. The topological polar surface area (TPSA) is 62.1 Å². The maximum absolute atomic E-state index is 11.8. The molecule has 0 aliphatic carbocycles. The Morgan fingerprint density at radius 3 is 2.65 bits per heavy atom. The molecular formula is C16H20N2O2. The fraction of sp³-hybridized carbons (Fsp3) is 0.375. The van der Waals surface area contributed by atoms with Gasteiger partial charge in [-0.15, -0.1) is 0 Å². The summed E-state index contributed by atoms with van der Waals surface area (Å²) in [6, 6.07) is 9.75. The van der Waals surface area contributed by atoms with Gasteiger partial charge in [-0.1, -0.05) is 31.2 Å². The molecule has 1 N–H and O–H groups in total. The third-order valence-electron chi connectivity index (χ3n) is 2.87. The number of nitrogens with zero attached hydrogens (tertiary/aromatic N) is 1. The highest BCUT2D eigenvalue weighted by Gasteiger charge is 2.07. The van der Waals surface area contributed by atoms with E-state index in [2.05, 4.69) is 12.2 Å². The van der Waals surface area contributed by atoms with E-state index < -0.39 is 0 Å². The number of nitriles is 1. The summed E-state index contributed by atoms with van der Waals surface area (Å²) in [5.74, 6) is -0.344. The van der Waals surface area contributed by atoms with E-state index in [9.17, 15) is 4.79 Å². The maximum atomic E-state index is 11.8. The van der Waals surface area contributed by atoms with E-state index in [0.29, 0.717) is 13.2 Å². The van der Waals surface area contributed by atoms with Crippen molar-refractivity contribution in [2.45, 2.75) is 19.8 Å². The van der Waals surface area contributed by atoms with Crippen LogP contribution in [-0.2, 0) is 16.0 Å². The molecule has 0 atom stereocenters. The van der Waals surface area contributed by atoms with E-state index in [1.165, 1.54) is 5.56 Å². The van der Waals surface area contributed by atoms with Gasteiger partial charge in [-0.3, -0.25) is 4.79 Å². The van der Waals surface area contributed by atoms with Crippen molar-refractivity contribution in [3.63, 3.8) is 0 Å². The SMILES string of the molecule is CCc1ccc(/C=C(\C#N)C(=O)NCCCOC)cc1. The molecule has 20 heavy (non-hydrogen) atoms. The smallest absolute Gasteiger partial charge is 0.261 e. The predicted octanol–water partition coefficient (Wildman–Crippen LogP) is 2.31. The monoisotopic (exact) mass is 272 g/mol. The third kappa shape index (κ3) is 5.25. The lowest BCUT2D eigenvalue weighted by Crippen LogP contribution is -2.26. The summed E-state index contributed by atoms with van der Waals surface area (Å²) in [7, 11) is 1.61. The number of hydrogen-bond acceptors (Lipinski definition) is 3. The van der Waals surface area contributed by atoms with Crippen molar-refractivity contribution in [2.75, 3.05) is 20.3 Å². The fourth-order valence-electron chi connectivity index (χ4n) is 1.68. The van der Waals surface area contributed by atoms with Crippen molar-refractivity contribution in [1.82, 2.24) is 5.32 Å². The van der Waals surface area contributed by atoms with Crippen LogP contribution in [0, 0.1) is 11.3 Å². The Labute approximate surface area is 120 Å². The van der Waals surface area contributed by atoms with Crippen molar-refractivity contribution < 1.29 is 9.53 Å². The van der Waals surface area contributed by atoms with Crippen LogP contribution in [0.1, 0.15) is 24.5 Å². The highest BCUT2D eigenvalue weighted by molar-refractivity contribution is 6.01. The Balaban J connectivity index is 2.66. The second kappa shape index (κ2) is 8.89. The Kier molecular flexibility index (Phi) is 7.08. The van der Waals surface area contributed by atoms with Crippen molar-refractivity contribution >= 4 is 12.0 Å². The van der Waals surface area contributed by atoms with E-state index in [4.69, 9.17) is 10.00 Å².